The molecule has 0 aromatic heterocycles. The van der Waals surface area contributed by atoms with Crippen LogP contribution < -0.4 is 5.73 Å². The van der Waals surface area contributed by atoms with E-state index in [1.807, 2.05) is 0 Å². The van der Waals surface area contributed by atoms with Crippen LogP contribution >= 0.6 is 0 Å². The molecule has 4 nitrogen and oxygen atoms in total. The predicted octanol–water partition coefficient (Wildman–Crippen LogP) is 2.80. The molecule has 0 aromatic rings. The number of nitrogens with two attached hydrogens (primary N) is 1. The number of hydrogen-bond acceptors (Lipinski definition) is 3. The van der Waals surface area contributed by atoms with Crippen molar-refractivity contribution < 1.29 is 5.21 Å². The van der Waals surface area contributed by atoms with Crippen LogP contribution in [0.15, 0.2) is 5.16 Å². The largest absolute Gasteiger partial charge is 0.409 e. The van der Waals surface area contributed by atoms with E-state index in [0.29, 0.717) is 18.3 Å². The number of hydrogen-bond donors (Lipinski definition) is 2. The molecule has 0 aliphatic rings. The fourth-order valence-electron chi connectivity index (χ4n) is 1.86. The van der Waals surface area contributed by atoms with Crippen LogP contribution in [-0.2, 0) is 0 Å². The lowest BCUT2D eigenvalue weighted by Gasteiger charge is -2.24. The molecule has 0 rings (SSSR count). The molecule has 0 fully saturated rings. The fraction of sp³-hybridized carbons (Fsp3) is 0.923. The van der Waals surface area contributed by atoms with Crippen molar-refractivity contribution in [3.05, 3.63) is 0 Å². The van der Waals surface area contributed by atoms with Gasteiger partial charge in [-0.1, -0.05) is 44.2 Å². The summed E-state index contributed by atoms with van der Waals surface area (Å²) in [6.45, 7) is 5.43. The molecule has 1 unspecified atom stereocenters. The minimum atomic E-state index is 0.312. The van der Waals surface area contributed by atoms with E-state index in [2.05, 4.69) is 31.0 Å². The summed E-state index contributed by atoms with van der Waals surface area (Å²) in [5, 5.41) is 11.5. The summed E-state index contributed by atoms with van der Waals surface area (Å²) < 4.78 is 0. The van der Waals surface area contributed by atoms with Crippen molar-refractivity contribution in [2.24, 2.45) is 10.9 Å². The van der Waals surface area contributed by atoms with Gasteiger partial charge in [0.1, 0.15) is 5.84 Å². The quantitative estimate of drug-likeness (QED) is 0.204. The second kappa shape index (κ2) is 10.4. The molecule has 0 spiro atoms. The molecule has 0 aromatic carbocycles. The lowest BCUT2D eigenvalue weighted by atomic mass is 10.1. The monoisotopic (exact) mass is 243 g/mol. The summed E-state index contributed by atoms with van der Waals surface area (Å²) >= 11 is 0. The van der Waals surface area contributed by atoms with E-state index in [0.717, 1.165) is 6.54 Å². The Morgan fingerprint density at radius 3 is 2.41 bits per heavy atom. The van der Waals surface area contributed by atoms with Crippen LogP contribution in [0.5, 0.6) is 0 Å². The van der Waals surface area contributed by atoms with E-state index in [1.165, 1.54) is 38.5 Å². The van der Waals surface area contributed by atoms with Gasteiger partial charge in [0.15, 0.2) is 0 Å². The Labute approximate surface area is 106 Å². The average molecular weight is 243 g/mol. The van der Waals surface area contributed by atoms with E-state index in [9.17, 15) is 0 Å². The number of unbranched alkanes of at least 4 members (excludes halogenated alkanes) is 5. The number of amidine groups is 1. The van der Waals surface area contributed by atoms with Gasteiger partial charge in [0.05, 0.1) is 0 Å². The van der Waals surface area contributed by atoms with Crippen molar-refractivity contribution in [1.29, 1.82) is 0 Å². The zero-order chi connectivity index (χ0) is 13.1. The van der Waals surface area contributed by atoms with E-state index in [-0.39, 0.29) is 0 Å². The Morgan fingerprint density at radius 1 is 1.24 bits per heavy atom. The van der Waals surface area contributed by atoms with Gasteiger partial charge >= 0.3 is 0 Å². The normalized spacial score (nSPS) is 14.2. The highest BCUT2D eigenvalue weighted by Gasteiger charge is 2.10. The molecule has 0 aliphatic carbocycles. The summed E-state index contributed by atoms with van der Waals surface area (Å²) in [4.78, 5) is 2.28. The topological polar surface area (TPSA) is 61.8 Å². The fourth-order valence-corrected chi connectivity index (χ4v) is 1.86. The summed E-state index contributed by atoms with van der Waals surface area (Å²) in [7, 11) is 2.10. The molecular weight excluding hydrogens is 214 g/mol. The van der Waals surface area contributed by atoms with E-state index in [4.69, 9.17) is 10.9 Å². The molecule has 0 bridgehead atoms. The van der Waals surface area contributed by atoms with Crippen LogP contribution in [0, 0.1) is 0 Å². The van der Waals surface area contributed by atoms with Gasteiger partial charge in [-0.2, -0.15) is 0 Å². The van der Waals surface area contributed by atoms with Crippen molar-refractivity contribution in [2.45, 2.75) is 64.8 Å². The third-order valence-corrected chi connectivity index (χ3v) is 3.25. The van der Waals surface area contributed by atoms with Gasteiger partial charge in [-0.3, -0.25) is 0 Å². The first-order valence-corrected chi connectivity index (χ1v) is 6.78. The molecule has 3 N–H and O–H groups in total. The average Bonchev–Trinajstić information content (AvgIpc) is 2.32. The molecule has 0 aliphatic heterocycles. The maximum atomic E-state index is 8.51. The zero-order valence-corrected chi connectivity index (χ0v) is 11.7. The Kier molecular flexibility index (Phi) is 9.92. The highest BCUT2D eigenvalue weighted by molar-refractivity contribution is 5.80. The van der Waals surface area contributed by atoms with Gasteiger partial charge in [0.2, 0.25) is 0 Å². The molecule has 0 amide bonds. The van der Waals surface area contributed by atoms with Crippen LogP contribution in [0.2, 0.25) is 0 Å². The molecule has 0 heterocycles. The lowest BCUT2D eigenvalue weighted by Crippen LogP contribution is -2.33. The van der Waals surface area contributed by atoms with Crippen molar-refractivity contribution in [2.75, 3.05) is 13.6 Å². The van der Waals surface area contributed by atoms with Crippen LogP contribution in [0.4, 0.5) is 0 Å². The number of rotatable bonds is 10. The Balaban J connectivity index is 3.53. The van der Waals surface area contributed by atoms with Gasteiger partial charge in [-0.25, -0.2) is 0 Å². The molecule has 17 heavy (non-hydrogen) atoms. The number of nitrogens with zero attached hydrogens (tertiary/aromatic N) is 2. The minimum Gasteiger partial charge on any atom is -0.409 e. The summed E-state index contributed by atoms with van der Waals surface area (Å²) in [5.74, 6) is 0.312. The third-order valence-electron chi connectivity index (χ3n) is 3.25. The van der Waals surface area contributed by atoms with E-state index in [1.54, 1.807) is 0 Å². The second-order valence-electron chi connectivity index (χ2n) is 4.89. The molecule has 4 heteroatoms. The van der Waals surface area contributed by atoms with Gasteiger partial charge in [-0.05, 0) is 26.9 Å². The van der Waals surface area contributed by atoms with E-state index < -0.39 is 0 Å². The minimum absolute atomic E-state index is 0.312. The molecule has 0 radical (unpaired) electrons. The van der Waals surface area contributed by atoms with Crippen molar-refractivity contribution in [3.8, 4) is 0 Å². The van der Waals surface area contributed by atoms with Gasteiger partial charge in [0, 0.05) is 12.5 Å². The highest BCUT2D eigenvalue weighted by Crippen LogP contribution is 2.07. The zero-order valence-electron chi connectivity index (χ0n) is 11.7. The summed E-state index contributed by atoms with van der Waals surface area (Å²) in [6.07, 6.45) is 8.53. The van der Waals surface area contributed by atoms with Crippen LogP contribution in [-0.4, -0.2) is 35.6 Å². The maximum absolute atomic E-state index is 8.51. The van der Waals surface area contributed by atoms with Gasteiger partial charge in [-0.15, -0.1) is 0 Å². The van der Waals surface area contributed by atoms with Crippen molar-refractivity contribution in [3.63, 3.8) is 0 Å². The third kappa shape index (κ3) is 8.98. The summed E-state index contributed by atoms with van der Waals surface area (Å²) in [6, 6.07) is 0.335. The van der Waals surface area contributed by atoms with Crippen LogP contribution in [0.25, 0.3) is 0 Å². The van der Waals surface area contributed by atoms with Crippen molar-refractivity contribution >= 4 is 5.84 Å². The first-order valence-electron chi connectivity index (χ1n) is 6.78. The van der Waals surface area contributed by atoms with Gasteiger partial charge in [0.25, 0.3) is 0 Å². The number of oxime groups is 1. The Bertz CT molecular complexity index is 207. The Morgan fingerprint density at radius 2 is 1.82 bits per heavy atom. The first-order chi connectivity index (χ1) is 8.11. The Hall–Kier alpha value is -0.770. The molecule has 0 saturated heterocycles. The van der Waals surface area contributed by atoms with Crippen LogP contribution in [0.1, 0.15) is 58.8 Å². The maximum Gasteiger partial charge on any atom is 0.140 e. The lowest BCUT2D eigenvalue weighted by molar-refractivity contribution is 0.253. The second-order valence-corrected chi connectivity index (χ2v) is 4.89. The highest BCUT2D eigenvalue weighted by atomic mass is 16.4. The molecule has 0 saturated carbocycles. The molecule has 102 valence electrons. The van der Waals surface area contributed by atoms with Crippen LogP contribution in [0.3, 0.4) is 0 Å². The smallest absolute Gasteiger partial charge is 0.140 e. The van der Waals surface area contributed by atoms with E-state index >= 15 is 0 Å². The van der Waals surface area contributed by atoms with Crippen molar-refractivity contribution in [1.82, 2.24) is 4.90 Å². The van der Waals surface area contributed by atoms with Gasteiger partial charge < -0.3 is 15.8 Å². The SMILES string of the molecule is CCCCCCCCN(C)C(C)C/C(N)=N/O. The molecular formula is C13H29N3O. The summed E-state index contributed by atoms with van der Waals surface area (Å²) in [5.41, 5.74) is 5.49. The standard InChI is InChI=1S/C13H29N3O/c1-4-5-6-7-8-9-10-16(3)12(2)11-13(14)15-17/h12,17H,4-11H2,1-3H3,(H2,14,15). The molecule has 1 atom stereocenters. The predicted molar refractivity (Wildman–Crippen MR) is 73.5 cm³/mol. The first kappa shape index (κ1) is 16.2.